The van der Waals surface area contributed by atoms with Crippen LogP contribution in [0.1, 0.15) is 29.0 Å². The minimum atomic E-state index is -0.435. The molecular formula is C13H15NO4. The smallest absolute Gasteiger partial charge is 0.374 e. The topological polar surface area (TPSA) is 64.6 Å². The average molecular weight is 249 g/mol. The lowest BCUT2D eigenvalue weighted by Crippen LogP contribution is -2.11. The molecule has 0 amide bonds. The van der Waals surface area contributed by atoms with Gasteiger partial charge in [-0.15, -0.1) is 0 Å². The zero-order valence-electron chi connectivity index (χ0n) is 10.1. The van der Waals surface area contributed by atoms with Crippen LogP contribution in [0.2, 0.25) is 0 Å². The van der Waals surface area contributed by atoms with Crippen molar-refractivity contribution in [2.45, 2.75) is 20.0 Å². The van der Waals surface area contributed by atoms with E-state index in [4.69, 9.17) is 13.6 Å². The number of ether oxygens (including phenoxy) is 1. The Kier molecular flexibility index (Phi) is 4.20. The molecule has 0 aromatic carbocycles. The van der Waals surface area contributed by atoms with Crippen molar-refractivity contribution in [3.63, 3.8) is 0 Å². The van der Waals surface area contributed by atoms with Gasteiger partial charge in [0.15, 0.2) is 0 Å². The average Bonchev–Trinajstić information content (AvgIpc) is 3.00. The van der Waals surface area contributed by atoms with Gasteiger partial charge in [-0.25, -0.2) is 4.79 Å². The SMILES string of the molecule is CCOC(=O)c1ccc(CNCc2ccco2)o1. The summed E-state index contributed by atoms with van der Waals surface area (Å²) in [5, 5.41) is 3.15. The molecule has 96 valence electrons. The lowest BCUT2D eigenvalue weighted by atomic mass is 10.4. The highest BCUT2D eigenvalue weighted by molar-refractivity contribution is 5.86. The van der Waals surface area contributed by atoms with Crippen molar-refractivity contribution in [3.05, 3.63) is 47.8 Å². The maximum atomic E-state index is 11.4. The summed E-state index contributed by atoms with van der Waals surface area (Å²) in [6.45, 7) is 3.24. The third-order valence-corrected chi connectivity index (χ3v) is 2.32. The lowest BCUT2D eigenvalue weighted by molar-refractivity contribution is 0.0488. The molecule has 0 atom stereocenters. The summed E-state index contributed by atoms with van der Waals surface area (Å²) >= 11 is 0. The van der Waals surface area contributed by atoms with E-state index in [0.29, 0.717) is 25.5 Å². The fourth-order valence-corrected chi connectivity index (χ4v) is 1.51. The minimum absolute atomic E-state index is 0.228. The summed E-state index contributed by atoms with van der Waals surface area (Å²) in [4.78, 5) is 11.4. The van der Waals surface area contributed by atoms with E-state index in [0.717, 1.165) is 5.76 Å². The van der Waals surface area contributed by atoms with Gasteiger partial charge in [0.2, 0.25) is 5.76 Å². The van der Waals surface area contributed by atoms with Crippen LogP contribution < -0.4 is 5.32 Å². The number of furan rings is 2. The highest BCUT2D eigenvalue weighted by Gasteiger charge is 2.11. The lowest BCUT2D eigenvalue weighted by Gasteiger charge is -2.00. The Labute approximate surface area is 105 Å². The number of hydrogen-bond acceptors (Lipinski definition) is 5. The molecule has 1 N–H and O–H groups in total. The molecular weight excluding hydrogens is 234 g/mol. The Balaban J connectivity index is 1.81. The van der Waals surface area contributed by atoms with Crippen LogP contribution in [0.25, 0.3) is 0 Å². The number of rotatable bonds is 6. The fraction of sp³-hybridized carbons (Fsp3) is 0.308. The van der Waals surface area contributed by atoms with Crippen LogP contribution in [0.4, 0.5) is 0 Å². The molecule has 0 radical (unpaired) electrons. The van der Waals surface area contributed by atoms with Gasteiger partial charge >= 0.3 is 5.97 Å². The standard InChI is InChI=1S/C13H15NO4/c1-2-16-13(15)12-6-5-11(18-12)9-14-8-10-4-3-7-17-10/h3-7,14H,2,8-9H2,1H3. The highest BCUT2D eigenvalue weighted by atomic mass is 16.5. The molecule has 18 heavy (non-hydrogen) atoms. The van der Waals surface area contributed by atoms with E-state index in [1.54, 1.807) is 25.3 Å². The fourth-order valence-electron chi connectivity index (χ4n) is 1.51. The van der Waals surface area contributed by atoms with Crippen molar-refractivity contribution in [1.82, 2.24) is 5.32 Å². The molecule has 2 heterocycles. The molecule has 2 aromatic heterocycles. The van der Waals surface area contributed by atoms with Crippen molar-refractivity contribution in [1.29, 1.82) is 0 Å². The monoisotopic (exact) mass is 249 g/mol. The first kappa shape index (κ1) is 12.4. The maximum absolute atomic E-state index is 11.4. The third kappa shape index (κ3) is 3.24. The van der Waals surface area contributed by atoms with Crippen molar-refractivity contribution in [3.8, 4) is 0 Å². The molecule has 0 saturated carbocycles. The summed E-state index contributed by atoms with van der Waals surface area (Å²) < 4.78 is 15.4. The van der Waals surface area contributed by atoms with E-state index < -0.39 is 5.97 Å². The van der Waals surface area contributed by atoms with Gasteiger partial charge in [0.05, 0.1) is 26.0 Å². The zero-order chi connectivity index (χ0) is 12.8. The number of esters is 1. The molecule has 2 rings (SSSR count). The first-order chi connectivity index (χ1) is 8.79. The van der Waals surface area contributed by atoms with E-state index in [1.165, 1.54) is 0 Å². The second kappa shape index (κ2) is 6.07. The third-order valence-electron chi connectivity index (χ3n) is 2.32. The normalized spacial score (nSPS) is 10.5. The van der Waals surface area contributed by atoms with E-state index in [2.05, 4.69) is 5.32 Å². The number of carbonyl (C=O) groups excluding carboxylic acids is 1. The van der Waals surface area contributed by atoms with Gasteiger partial charge in [-0.1, -0.05) is 0 Å². The Hall–Kier alpha value is -2.01. The van der Waals surface area contributed by atoms with Gasteiger partial charge in [-0.2, -0.15) is 0 Å². The van der Waals surface area contributed by atoms with E-state index in [9.17, 15) is 4.79 Å². The predicted molar refractivity (Wildman–Crippen MR) is 63.9 cm³/mol. The van der Waals surface area contributed by atoms with Crippen LogP contribution >= 0.6 is 0 Å². The van der Waals surface area contributed by atoms with Crippen LogP contribution in [0.15, 0.2) is 39.4 Å². The molecule has 5 nitrogen and oxygen atoms in total. The number of hydrogen-bond donors (Lipinski definition) is 1. The number of nitrogens with one attached hydrogen (secondary N) is 1. The van der Waals surface area contributed by atoms with Gasteiger partial charge < -0.3 is 18.9 Å². The molecule has 0 fully saturated rings. The van der Waals surface area contributed by atoms with Crippen LogP contribution in [0.3, 0.4) is 0 Å². The van der Waals surface area contributed by atoms with Crippen molar-refractivity contribution < 1.29 is 18.4 Å². The predicted octanol–water partition coefficient (Wildman–Crippen LogP) is 2.34. The maximum Gasteiger partial charge on any atom is 0.374 e. The van der Waals surface area contributed by atoms with E-state index in [1.807, 2.05) is 12.1 Å². The van der Waals surface area contributed by atoms with Gasteiger partial charge in [0.1, 0.15) is 11.5 Å². The largest absolute Gasteiger partial charge is 0.468 e. The number of carbonyl (C=O) groups is 1. The first-order valence-electron chi connectivity index (χ1n) is 5.78. The summed E-state index contributed by atoms with van der Waals surface area (Å²) in [6, 6.07) is 7.09. The second-order valence-electron chi connectivity index (χ2n) is 3.67. The highest BCUT2D eigenvalue weighted by Crippen LogP contribution is 2.09. The molecule has 0 saturated heterocycles. The molecule has 0 bridgehead atoms. The van der Waals surface area contributed by atoms with Crippen molar-refractivity contribution in [2.24, 2.45) is 0 Å². The Morgan fingerprint density at radius 2 is 2.11 bits per heavy atom. The Bertz CT molecular complexity index is 487. The molecule has 0 aliphatic rings. The van der Waals surface area contributed by atoms with Crippen LogP contribution in [0.5, 0.6) is 0 Å². The Morgan fingerprint density at radius 1 is 1.28 bits per heavy atom. The molecule has 5 heteroatoms. The molecule has 0 unspecified atom stereocenters. The second-order valence-corrected chi connectivity index (χ2v) is 3.67. The summed E-state index contributed by atoms with van der Waals surface area (Å²) in [5.41, 5.74) is 0. The molecule has 0 aliphatic heterocycles. The quantitative estimate of drug-likeness (QED) is 0.796. The van der Waals surface area contributed by atoms with Crippen molar-refractivity contribution >= 4 is 5.97 Å². The molecule has 0 spiro atoms. The van der Waals surface area contributed by atoms with Gasteiger partial charge in [0, 0.05) is 0 Å². The zero-order valence-corrected chi connectivity index (χ0v) is 10.1. The van der Waals surface area contributed by atoms with Gasteiger partial charge in [-0.05, 0) is 31.2 Å². The van der Waals surface area contributed by atoms with Gasteiger partial charge in [0.25, 0.3) is 0 Å². The summed E-state index contributed by atoms with van der Waals surface area (Å²) in [6.07, 6.45) is 1.63. The molecule has 0 aliphatic carbocycles. The van der Waals surface area contributed by atoms with Crippen LogP contribution in [-0.2, 0) is 17.8 Å². The Morgan fingerprint density at radius 3 is 2.83 bits per heavy atom. The van der Waals surface area contributed by atoms with Crippen molar-refractivity contribution in [2.75, 3.05) is 6.61 Å². The van der Waals surface area contributed by atoms with Gasteiger partial charge in [-0.3, -0.25) is 0 Å². The van der Waals surface area contributed by atoms with E-state index in [-0.39, 0.29) is 5.76 Å². The molecule has 2 aromatic rings. The van der Waals surface area contributed by atoms with Crippen LogP contribution in [-0.4, -0.2) is 12.6 Å². The summed E-state index contributed by atoms with van der Waals surface area (Å²) in [7, 11) is 0. The van der Waals surface area contributed by atoms with E-state index >= 15 is 0 Å². The minimum Gasteiger partial charge on any atom is -0.468 e. The van der Waals surface area contributed by atoms with Crippen LogP contribution in [0, 0.1) is 0 Å². The first-order valence-corrected chi connectivity index (χ1v) is 5.78. The summed E-state index contributed by atoms with van der Waals surface area (Å²) in [5.74, 6) is 1.33.